The number of hydrogen-bond donors (Lipinski definition) is 2. The Bertz CT molecular complexity index is 972. The molecular weight excluding hydrogens is 448 g/mol. The maximum Gasteiger partial charge on any atom is 0.426 e. The van der Waals surface area contributed by atoms with Crippen molar-refractivity contribution in [2.75, 3.05) is 40.3 Å². The molecule has 0 bridgehead atoms. The molecule has 1 aliphatic rings. The summed E-state index contributed by atoms with van der Waals surface area (Å²) in [5.41, 5.74) is 8.71. The molecule has 1 saturated heterocycles. The summed E-state index contributed by atoms with van der Waals surface area (Å²) in [6, 6.07) is 14.8. The first-order valence-electron chi connectivity index (χ1n) is 10.2. The number of carbonyl (C=O) groups is 4. The van der Waals surface area contributed by atoms with Crippen LogP contribution in [0.1, 0.15) is 6.42 Å². The molecule has 1 heterocycles. The van der Waals surface area contributed by atoms with Crippen LogP contribution in [0.2, 0.25) is 0 Å². The standard InChI is InChI=1S/C18H24N2O.C4H4N2O6.H2O/c1-19(2)11-12-20-10-9-18(14-20)21-17-8-7-15-5-3-4-6-16(15)13-17;5-3(9)11-1(7)2(8)12-4(6)10;/h3-8,13,18H,9-12,14H2,1-2H3;(H2,5,9)(H2,6,10);1H2. The van der Waals surface area contributed by atoms with Gasteiger partial charge in [-0.1, -0.05) is 30.3 Å². The first-order valence-corrected chi connectivity index (χ1v) is 10.2. The third-order valence-corrected chi connectivity index (χ3v) is 4.67. The second-order valence-corrected chi connectivity index (χ2v) is 7.56. The molecule has 0 spiro atoms. The molecule has 1 aliphatic heterocycles. The van der Waals surface area contributed by atoms with E-state index >= 15 is 0 Å². The lowest BCUT2D eigenvalue weighted by molar-refractivity contribution is -0.159. The summed E-state index contributed by atoms with van der Waals surface area (Å²) in [5.74, 6) is -2.42. The number of hydrogen-bond acceptors (Lipinski definition) is 9. The van der Waals surface area contributed by atoms with Gasteiger partial charge in [0.05, 0.1) is 0 Å². The van der Waals surface area contributed by atoms with Crippen LogP contribution in [0.4, 0.5) is 9.59 Å². The van der Waals surface area contributed by atoms with Crippen molar-refractivity contribution < 1.29 is 38.9 Å². The van der Waals surface area contributed by atoms with Gasteiger partial charge in [-0.15, -0.1) is 0 Å². The molecule has 0 saturated carbocycles. The van der Waals surface area contributed by atoms with E-state index in [0.29, 0.717) is 6.10 Å². The highest BCUT2D eigenvalue weighted by Gasteiger charge is 2.24. The normalized spacial score (nSPS) is 15.0. The molecule has 34 heavy (non-hydrogen) atoms. The van der Waals surface area contributed by atoms with Crippen molar-refractivity contribution in [1.29, 1.82) is 0 Å². The van der Waals surface area contributed by atoms with Crippen molar-refractivity contribution in [3.05, 3.63) is 42.5 Å². The molecule has 12 heteroatoms. The van der Waals surface area contributed by atoms with E-state index in [1.807, 2.05) is 0 Å². The number of carbonyl (C=O) groups excluding carboxylic acids is 4. The van der Waals surface area contributed by atoms with Crippen LogP contribution in [-0.4, -0.2) is 85.8 Å². The number of ether oxygens (including phenoxy) is 3. The molecule has 0 aliphatic carbocycles. The Morgan fingerprint density at radius 3 is 2.12 bits per heavy atom. The van der Waals surface area contributed by atoms with E-state index in [9.17, 15) is 19.2 Å². The Balaban J connectivity index is 0.000000386. The van der Waals surface area contributed by atoms with Crippen LogP contribution in [0, 0.1) is 0 Å². The number of likely N-dealkylation sites (N-methyl/N-ethyl adjacent to an activating group) is 1. The zero-order valence-corrected chi connectivity index (χ0v) is 19.1. The van der Waals surface area contributed by atoms with Crippen LogP contribution in [0.25, 0.3) is 10.8 Å². The van der Waals surface area contributed by atoms with Gasteiger partial charge < -0.3 is 36.1 Å². The lowest BCUT2D eigenvalue weighted by Crippen LogP contribution is -2.31. The van der Waals surface area contributed by atoms with Crippen LogP contribution in [0.15, 0.2) is 42.5 Å². The molecule has 1 unspecified atom stereocenters. The Morgan fingerprint density at radius 2 is 1.56 bits per heavy atom. The van der Waals surface area contributed by atoms with E-state index < -0.39 is 24.1 Å². The van der Waals surface area contributed by atoms with E-state index in [4.69, 9.17) is 4.74 Å². The largest absolute Gasteiger partial charge is 0.489 e. The molecule has 186 valence electrons. The highest BCUT2D eigenvalue weighted by molar-refractivity contribution is 6.33. The smallest absolute Gasteiger partial charge is 0.426 e. The fourth-order valence-corrected chi connectivity index (χ4v) is 3.14. The monoisotopic (exact) mass is 478 g/mol. The van der Waals surface area contributed by atoms with Gasteiger partial charge in [-0.05, 0) is 43.4 Å². The summed E-state index contributed by atoms with van der Waals surface area (Å²) < 4.78 is 13.2. The molecule has 0 aromatic heterocycles. The summed E-state index contributed by atoms with van der Waals surface area (Å²) in [6.45, 7) is 4.43. The molecule has 0 radical (unpaired) electrons. The van der Waals surface area contributed by atoms with Gasteiger partial charge in [0.1, 0.15) is 11.9 Å². The Morgan fingerprint density at radius 1 is 0.971 bits per heavy atom. The molecular formula is C22H30N4O8. The molecule has 2 amide bonds. The molecule has 2 aromatic rings. The summed E-state index contributed by atoms with van der Waals surface area (Å²) in [5, 5.41) is 2.52. The van der Waals surface area contributed by atoms with Crippen molar-refractivity contribution in [1.82, 2.24) is 9.80 Å². The predicted molar refractivity (Wildman–Crippen MR) is 123 cm³/mol. The quantitative estimate of drug-likeness (QED) is 0.345. The zero-order chi connectivity index (χ0) is 24.4. The average molecular weight is 479 g/mol. The number of benzene rings is 2. The average Bonchev–Trinajstić information content (AvgIpc) is 3.19. The van der Waals surface area contributed by atoms with E-state index in [1.54, 1.807) is 0 Å². The van der Waals surface area contributed by atoms with Crippen LogP contribution in [0.5, 0.6) is 5.75 Å². The Labute approximate surface area is 196 Å². The predicted octanol–water partition coefficient (Wildman–Crippen LogP) is 0.260. The number of likely N-dealkylation sites (tertiary alicyclic amines) is 1. The Hall–Kier alpha value is -3.74. The molecule has 6 N–H and O–H groups in total. The third kappa shape index (κ3) is 9.81. The van der Waals surface area contributed by atoms with Crippen LogP contribution >= 0.6 is 0 Å². The van der Waals surface area contributed by atoms with Crippen LogP contribution in [-0.2, 0) is 19.1 Å². The second-order valence-electron chi connectivity index (χ2n) is 7.56. The maximum absolute atomic E-state index is 10.3. The summed E-state index contributed by atoms with van der Waals surface area (Å²) >= 11 is 0. The molecule has 1 fully saturated rings. The number of rotatable bonds is 5. The van der Waals surface area contributed by atoms with Crippen molar-refractivity contribution >= 4 is 34.9 Å². The lowest BCUT2D eigenvalue weighted by atomic mass is 10.1. The fraction of sp³-hybridized carbons (Fsp3) is 0.364. The van der Waals surface area contributed by atoms with E-state index in [1.165, 1.54) is 10.8 Å². The number of fused-ring (bicyclic) bond motifs is 1. The lowest BCUT2D eigenvalue weighted by Gasteiger charge is -2.19. The zero-order valence-electron chi connectivity index (χ0n) is 19.1. The first kappa shape index (κ1) is 28.3. The summed E-state index contributed by atoms with van der Waals surface area (Å²) in [4.78, 5) is 45.0. The van der Waals surface area contributed by atoms with Gasteiger partial charge in [0.15, 0.2) is 0 Å². The van der Waals surface area contributed by atoms with Gasteiger partial charge in [-0.25, -0.2) is 19.2 Å². The first-order chi connectivity index (χ1) is 15.6. The second kappa shape index (κ2) is 13.7. The number of nitrogens with two attached hydrogens (primary N) is 2. The van der Waals surface area contributed by atoms with E-state index in [2.05, 4.69) is 87.3 Å². The van der Waals surface area contributed by atoms with Gasteiger partial charge in [-0.3, -0.25) is 4.90 Å². The molecule has 3 rings (SSSR count). The number of nitrogens with zero attached hydrogens (tertiary/aromatic N) is 2. The molecule has 1 atom stereocenters. The topological polar surface area (TPSA) is 186 Å². The minimum Gasteiger partial charge on any atom is -0.489 e. The minimum atomic E-state index is -1.71. The van der Waals surface area contributed by atoms with Gasteiger partial charge >= 0.3 is 24.1 Å². The van der Waals surface area contributed by atoms with Crippen LogP contribution in [0.3, 0.4) is 0 Å². The highest BCUT2D eigenvalue weighted by atomic mass is 16.6. The van der Waals surface area contributed by atoms with E-state index in [0.717, 1.165) is 38.3 Å². The third-order valence-electron chi connectivity index (χ3n) is 4.67. The number of primary amides is 2. The SMILES string of the molecule is CN(C)CCN1CCC(Oc2ccc3ccccc3c2)C1.NC(=O)OC(=O)C(=O)OC(N)=O.O. The van der Waals surface area contributed by atoms with Crippen molar-refractivity contribution in [3.8, 4) is 5.75 Å². The maximum atomic E-state index is 10.3. The van der Waals surface area contributed by atoms with Gasteiger partial charge in [0.2, 0.25) is 0 Å². The van der Waals surface area contributed by atoms with Crippen molar-refractivity contribution in [2.24, 2.45) is 11.5 Å². The molecule has 2 aromatic carbocycles. The summed E-state index contributed by atoms with van der Waals surface area (Å²) in [7, 11) is 4.25. The summed E-state index contributed by atoms with van der Waals surface area (Å²) in [6.07, 6.45) is -1.52. The Kier molecular flexibility index (Phi) is 11.4. The van der Waals surface area contributed by atoms with Crippen molar-refractivity contribution in [2.45, 2.75) is 12.5 Å². The highest BCUT2D eigenvalue weighted by Crippen LogP contribution is 2.23. The van der Waals surface area contributed by atoms with Gasteiger partial charge in [-0.2, -0.15) is 0 Å². The van der Waals surface area contributed by atoms with Crippen LogP contribution < -0.4 is 16.2 Å². The number of amides is 2. The number of esters is 2. The molecule has 12 nitrogen and oxygen atoms in total. The van der Waals surface area contributed by atoms with Gasteiger partial charge in [0, 0.05) is 26.2 Å². The van der Waals surface area contributed by atoms with Crippen molar-refractivity contribution in [3.63, 3.8) is 0 Å². The van der Waals surface area contributed by atoms with E-state index in [-0.39, 0.29) is 5.48 Å². The fourth-order valence-electron chi connectivity index (χ4n) is 3.14. The minimum absolute atomic E-state index is 0. The van der Waals surface area contributed by atoms with Gasteiger partial charge in [0.25, 0.3) is 0 Å².